The van der Waals surface area contributed by atoms with Gasteiger partial charge in [0, 0.05) is 30.7 Å². The summed E-state index contributed by atoms with van der Waals surface area (Å²) in [6.07, 6.45) is 0.290. The average molecular weight is 352 g/mol. The molecule has 2 saturated heterocycles. The Labute approximate surface area is 132 Å². The molecule has 1 aromatic carbocycles. The Balaban J connectivity index is 1.77. The van der Waals surface area contributed by atoms with Crippen LogP contribution in [0.25, 0.3) is 0 Å². The summed E-state index contributed by atoms with van der Waals surface area (Å²) in [5, 5.41) is 0. The number of carbonyl (C=O) groups excluding carboxylic acids is 2. The van der Waals surface area contributed by atoms with E-state index in [0.717, 1.165) is 30.7 Å². The Hall–Kier alpha value is -1.24. The summed E-state index contributed by atoms with van der Waals surface area (Å²) < 4.78 is 0.931. The van der Waals surface area contributed by atoms with Crippen molar-refractivity contribution in [2.45, 2.75) is 12.5 Å². The molecule has 2 aliphatic rings. The van der Waals surface area contributed by atoms with Crippen molar-refractivity contribution in [2.24, 2.45) is 0 Å². The molecule has 2 fully saturated rings. The van der Waals surface area contributed by atoms with Crippen molar-refractivity contribution in [3.63, 3.8) is 0 Å². The summed E-state index contributed by atoms with van der Waals surface area (Å²) in [6, 6.07) is 6.99. The number of benzene rings is 1. The Morgan fingerprint density at radius 3 is 2.29 bits per heavy atom. The predicted molar refractivity (Wildman–Crippen MR) is 84.1 cm³/mol. The molecule has 0 N–H and O–H groups in total. The van der Waals surface area contributed by atoms with Crippen LogP contribution in [0, 0.1) is 0 Å². The number of hydrogen-bond donors (Lipinski definition) is 0. The monoisotopic (exact) mass is 351 g/mol. The van der Waals surface area contributed by atoms with E-state index in [1.165, 1.54) is 4.90 Å². The van der Waals surface area contributed by atoms with Crippen LogP contribution in [-0.4, -0.2) is 60.9 Å². The lowest BCUT2D eigenvalue weighted by Crippen LogP contribution is -2.51. The van der Waals surface area contributed by atoms with Gasteiger partial charge < -0.3 is 4.90 Å². The third-order valence-corrected chi connectivity index (χ3v) is 4.71. The van der Waals surface area contributed by atoms with E-state index in [1.54, 1.807) is 12.1 Å². The maximum atomic E-state index is 12.6. The van der Waals surface area contributed by atoms with Gasteiger partial charge >= 0.3 is 0 Å². The molecule has 2 aliphatic heterocycles. The fourth-order valence-electron chi connectivity index (χ4n) is 2.90. The van der Waals surface area contributed by atoms with E-state index in [4.69, 9.17) is 0 Å². The van der Waals surface area contributed by atoms with E-state index in [1.807, 2.05) is 12.1 Å². The lowest BCUT2D eigenvalue weighted by atomic mass is 10.2. The van der Waals surface area contributed by atoms with Gasteiger partial charge in [-0.15, -0.1) is 0 Å². The van der Waals surface area contributed by atoms with Gasteiger partial charge in [0.15, 0.2) is 0 Å². The molecular formula is C15H18BrN3O2. The molecule has 2 amide bonds. The minimum Gasteiger partial charge on any atom is -0.304 e. The second-order valence-corrected chi connectivity index (χ2v) is 6.52. The molecule has 0 bridgehead atoms. The van der Waals surface area contributed by atoms with Crippen molar-refractivity contribution >= 4 is 33.4 Å². The molecule has 0 unspecified atom stereocenters. The highest BCUT2D eigenvalue weighted by Gasteiger charge is 2.43. The first-order valence-electron chi connectivity index (χ1n) is 7.11. The summed E-state index contributed by atoms with van der Waals surface area (Å²) in [5.74, 6) is -0.196. The molecule has 112 valence electrons. The molecule has 3 rings (SSSR count). The van der Waals surface area contributed by atoms with Crippen molar-refractivity contribution in [1.29, 1.82) is 0 Å². The summed E-state index contributed by atoms with van der Waals surface area (Å²) in [7, 11) is 2.08. The van der Waals surface area contributed by atoms with Crippen LogP contribution in [0.3, 0.4) is 0 Å². The third-order valence-electron chi connectivity index (χ3n) is 4.19. The van der Waals surface area contributed by atoms with Gasteiger partial charge in [-0.1, -0.05) is 15.9 Å². The normalized spacial score (nSPS) is 24.9. The Morgan fingerprint density at radius 1 is 1.05 bits per heavy atom. The lowest BCUT2D eigenvalue weighted by molar-refractivity contribution is -0.123. The number of carbonyl (C=O) groups is 2. The molecule has 2 heterocycles. The highest BCUT2D eigenvalue weighted by atomic mass is 79.9. The predicted octanol–water partition coefficient (Wildman–Crippen LogP) is 1.33. The van der Waals surface area contributed by atoms with Crippen molar-refractivity contribution in [2.75, 3.05) is 38.1 Å². The Bertz CT molecular complexity index is 553. The highest BCUT2D eigenvalue weighted by molar-refractivity contribution is 9.10. The SMILES string of the molecule is CN1CCN([C@H]2CC(=O)N(c3ccc(Br)cc3)C2=O)CC1. The van der Waals surface area contributed by atoms with Crippen LogP contribution in [0.4, 0.5) is 5.69 Å². The van der Waals surface area contributed by atoms with E-state index in [-0.39, 0.29) is 17.9 Å². The molecular weight excluding hydrogens is 334 g/mol. The second-order valence-electron chi connectivity index (χ2n) is 5.60. The third kappa shape index (κ3) is 2.88. The van der Waals surface area contributed by atoms with Crippen LogP contribution in [0.1, 0.15) is 6.42 Å². The van der Waals surface area contributed by atoms with Crippen LogP contribution >= 0.6 is 15.9 Å². The van der Waals surface area contributed by atoms with Gasteiger partial charge in [-0.2, -0.15) is 0 Å². The van der Waals surface area contributed by atoms with Crippen LogP contribution < -0.4 is 4.90 Å². The van der Waals surface area contributed by atoms with Gasteiger partial charge in [-0.25, -0.2) is 4.90 Å². The molecule has 0 spiro atoms. The number of halogens is 1. The van der Waals surface area contributed by atoms with Crippen LogP contribution in [0.5, 0.6) is 0 Å². The number of rotatable bonds is 2. The van der Waals surface area contributed by atoms with Crippen molar-refractivity contribution in [3.8, 4) is 0 Å². The number of imide groups is 1. The zero-order valence-corrected chi connectivity index (χ0v) is 13.5. The Morgan fingerprint density at radius 2 is 1.67 bits per heavy atom. The summed E-state index contributed by atoms with van der Waals surface area (Å²) >= 11 is 3.36. The highest BCUT2D eigenvalue weighted by Crippen LogP contribution is 2.27. The molecule has 0 saturated carbocycles. The minimum absolute atomic E-state index is 0.0909. The number of anilines is 1. The van der Waals surface area contributed by atoms with E-state index in [2.05, 4.69) is 32.8 Å². The fourth-order valence-corrected chi connectivity index (χ4v) is 3.16. The van der Waals surface area contributed by atoms with E-state index in [0.29, 0.717) is 12.1 Å². The smallest absolute Gasteiger partial charge is 0.251 e. The first kappa shape index (κ1) is 14.7. The first-order chi connectivity index (χ1) is 10.1. The summed E-state index contributed by atoms with van der Waals surface area (Å²) in [4.78, 5) is 30.6. The topological polar surface area (TPSA) is 43.9 Å². The maximum absolute atomic E-state index is 12.6. The number of nitrogens with zero attached hydrogens (tertiary/aromatic N) is 3. The van der Waals surface area contributed by atoms with Crippen LogP contribution in [0.15, 0.2) is 28.7 Å². The van der Waals surface area contributed by atoms with E-state index < -0.39 is 0 Å². The molecule has 0 radical (unpaired) electrons. The average Bonchev–Trinajstić information content (AvgIpc) is 2.76. The number of hydrogen-bond acceptors (Lipinski definition) is 4. The number of likely N-dealkylation sites (N-methyl/N-ethyl adjacent to an activating group) is 1. The van der Waals surface area contributed by atoms with E-state index >= 15 is 0 Å². The molecule has 21 heavy (non-hydrogen) atoms. The number of amides is 2. The zero-order chi connectivity index (χ0) is 15.0. The number of piperazine rings is 1. The molecule has 0 aromatic heterocycles. The first-order valence-corrected chi connectivity index (χ1v) is 7.90. The van der Waals surface area contributed by atoms with Crippen molar-refractivity contribution < 1.29 is 9.59 Å². The largest absolute Gasteiger partial charge is 0.304 e. The molecule has 1 aromatic rings. The van der Waals surface area contributed by atoms with E-state index in [9.17, 15) is 9.59 Å². The van der Waals surface area contributed by atoms with Gasteiger partial charge in [0.05, 0.1) is 18.2 Å². The zero-order valence-electron chi connectivity index (χ0n) is 12.0. The quantitative estimate of drug-likeness (QED) is 0.754. The minimum atomic E-state index is -0.296. The van der Waals surface area contributed by atoms with Gasteiger partial charge in [0.2, 0.25) is 5.91 Å². The summed E-state index contributed by atoms with van der Waals surface area (Å²) in [5.41, 5.74) is 0.657. The maximum Gasteiger partial charge on any atom is 0.251 e. The van der Waals surface area contributed by atoms with Gasteiger partial charge in [0.1, 0.15) is 0 Å². The van der Waals surface area contributed by atoms with Gasteiger partial charge in [-0.3, -0.25) is 14.5 Å². The lowest BCUT2D eigenvalue weighted by Gasteiger charge is -2.35. The van der Waals surface area contributed by atoms with Crippen LogP contribution in [-0.2, 0) is 9.59 Å². The molecule has 0 aliphatic carbocycles. The van der Waals surface area contributed by atoms with Crippen molar-refractivity contribution in [3.05, 3.63) is 28.7 Å². The second kappa shape index (κ2) is 5.87. The van der Waals surface area contributed by atoms with Gasteiger partial charge in [-0.05, 0) is 31.3 Å². The molecule has 5 nitrogen and oxygen atoms in total. The van der Waals surface area contributed by atoms with Crippen LogP contribution in [0.2, 0.25) is 0 Å². The molecule has 6 heteroatoms. The van der Waals surface area contributed by atoms with Gasteiger partial charge in [0.25, 0.3) is 5.91 Å². The van der Waals surface area contributed by atoms with Crippen molar-refractivity contribution in [1.82, 2.24) is 9.80 Å². The summed E-state index contributed by atoms with van der Waals surface area (Å²) in [6.45, 7) is 3.56. The fraction of sp³-hybridized carbons (Fsp3) is 0.467. The Kier molecular flexibility index (Phi) is 4.10. The molecule has 1 atom stereocenters. The standard InChI is InChI=1S/C15H18BrN3O2/c1-17-6-8-18(9-7-17)13-10-14(20)19(15(13)21)12-4-2-11(16)3-5-12/h2-5,13H,6-10H2,1H3/t13-/m0/s1.